The molecule has 1 saturated heterocycles. The average molecular weight is 427 g/mol. The predicted molar refractivity (Wildman–Crippen MR) is 121 cm³/mol. The SMILES string of the molecule is Cc1cc(C)c(NC(=O)C(=O)NCC(c2ccc(F)cc2)N2CCN(C)CC2)c(C)c1. The van der Waals surface area contributed by atoms with Gasteiger partial charge in [-0.15, -0.1) is 0 Å². The molecule has 1 heterocycles. The number of anilines is 1. The number of piperazine rings is 1. The Kier molecular flexibility index (Phi) is 7.41. The van der Waals surface area contributed by atoms with Crippen molar-refractivity contribution in [2.75, 3.05) is 45.1 Å². The number of hydrogen-bond acceptors (Lipinski definition) is 4. The lowest BCUT2D eigenvalue weighted by molar-refractivity contribution is -0.136. The number of nitrogens with zero attached hydrogens (tertiary/aromatic N) is 2. The summed E-state index contributed by atoms with van der Waals surface area (Å²) < 4.78 is 13.4. The Morgan fingerprint density at radius 3 is 2.13 bits per heavy atom. The summed E-state index contributed by atoms with van der Waals surface area (Å²) in [6.07, 6.45) is 0. The number of halogens is 1. The monoisotopic (exact) mass is 426 g/mol. The highest BCUT2D eigenvalue weighted by Crippen LogP contribution is 2.23. The van der Waals surface area contributed by atoms with Gasteiger partial charge in [-0.05, 0) is 56.6 Å². The van der Waals surface area contributed by atoms with E-state index in [1.807, 2.05) is 32.9 Å². The molecule has 0 bridgehead atoms. The van der Waals surface area contributed by atoms with Crippen LogP contribution in [0.5, 0.6) is 0 Å². The zero-order valence-electron chi connectivity index (χ0n) is 18.7. The van der Waals surface area contributed by atoms with Gasteiger partial charge in [0.1, 0.15) is 5.82 Å². The van der Waals surface area contributed by atoms with Crippen LogP contribution in [0.15, 0.2) is 36.4 Å². The molecule has 1 aliphatic heterocycles. The summed E-state index contributed by atoms with van der Waals surface area (Å²) in [5.74, 6) is -1.67. The van der Waals surface area contributed by atoms with Crippen LogP contribution in [0, 0.1) is 26.6 Å². The Hall–Kier alpha value is -2.77. The molecule has 7 heteroatoms. The fourth-order valence-electron chi connectivity index (χ4n) is 4.09. The number of likely N-dealkylation sites (N-methyl/N-ethyl adjacent to an activating group) is 1. The molecule has 0 spiro atoms. The van der Waals surface area contributed by atoms with E-state index in [9.17, 15) is 14.0 Å². The molecule has 6 nitrogen and oxygen atoms in total. The Balaban J connectivity index is 1.68. The second-order valence-electron chi connectivity index (χ2n) is 8.34. The van der Waals surface area contributed by atoms with Crippen molar-refractivity contribution in [1.29, 1.82) is 0 Å². The Morgan fingerprint density at radius 1 is 0.968 bits per heavy atom. The summed E-state index contributed by atoms with van der Waals surface area (Å²) in [4.78, 5) is 29.6. The van der Waals surface area contributed by atoms with E-state index in [-0.39, 0.29) is 18.4 Å². The first-order valence-corrected chi connectivity index (χ1v) is 10.6. The van der Waals surface area contributed by atoms with Gasteiger partial charge >= 0.3 is 11.8 Å². The largest absolute Gasteiger partial charge is 0.346 e. The van der Waals surface area contributed by atoms with E-state index in [0.717, 1.165) is 48.4 Å². The van der Waals surface area contributed by atoms with Crippen LogP contribution >= 0.6 is 0 Å². The maximum Gasteiger partial charge on any atom is 0.313 e. The molecule has 1 fully saturated rings. The lowest BCUT2D eigenvalue weighted by Crippen LogP contribution is -2.49. The molecule has 2 aromatic carbocycles. The number of hydrogen-bond donors (Lipinski definition) is 2. The van der Waals surface area contributed by atoms with E-state index in [1.54, 1.807) is 12.1 Å². The summed E-state index contributed by atoms with van der Waals surface area (Å²) in [7, 11) is 2.07. The first-order valence-electron chi connectivity index (χ1n) is 10.6. The molecular formula is C24H31FN4O2. The van der Waals surface area contributed by atoms with Crippen molar-refractivity contribution in [2.24, 2.45) is 0 Å². The first kappa shape index (κ1) is 22.9. The van der Waals surface area contributed by atoms with Crippen LogP contribution in [0.4, 0.5) is 10.1 Å². The van der Waals surface area contributed by atoms with Gasteiger partial charge in [0, 0.05) is 38.4 Å². The minimum Gasteiger partial charge on any atom is -0.346 e. The molecule has 31 heavy (non-hydrogen) atoms. The standard InChI is InChI=1S/C24H31FN4O2/c1-16-13-17(2)22(18(3)14-16)27-24(31)23(30)26-15-21(19-5-7-20(25)8-6-19)29-11-9-28(4)10-12-29/h5-8,13-14,21H,9-12,15H2,1-4H3,(H,26,30)(H,27,31). The van der Waals surface area contributed by atoms with E-state index in [0.29, 0.717) is 5.69 Å². The molecule has 0 radical (unpaired) electrons. The normalized spacial score (nSPS) is 16.0. The van der Waals surface area contributed by atoms with Gasteiger partial charge in [-0.3, -0.25) is 14.5 Å². The van der Waals surface area contributed by atoms with Crippen LogP contribution < -0.4 is 10.6 Å². The van der Waals surface area contributed by atoms with Gasteiger partial charge in [0.05, 0.1) is 6.04 Å². The highest BCUT2D eigenvalue weighted by Gasteiger charge is 2.26. The van der Waals surface area contributed by atoms with Crippen LogP contribution in [0.2, 0.25) is 0 Å². The lowest BCUT2D eigenvalue weighted by Gasteiger charge is -2.38. The summed E-state index contributed by atoms with van der Waals surface area (Å²) in [5.41, 5.74) is 4.52. The van der Waals surface area contributed by atoms with Crippen molar-refractivity contribution in [3.63, 3.8) is 0 Å². The molecule has 166 valence electrons. The Labute approximate surface area is 183 Å². The minimum absolute atomic E-state index is 0.131. The topological polar surface area (TPSA) is 64.7 Å². The van der Waals surface area contributed by atoms with Gasteiger partial charge in [0.25, 0.3) is 0 Å². The van der Waals surface area contributed by atoms with Crippen LogP contribution in [0.3, 0.4) is 0 Å². The first-order chi connectivity index (χ1) is 14.7. The van der Waals surface area contributed by atoms with Crippen molar-refractivity contribution < 1.29 is 14.0 Å². The number of aryl methyl sites for hydroxylation is 3. The van der Waals surface area contributed by atoms with E-state index in [1.165, 1.54) is 12.1 Å². The second kappa shape index (κ2) is 10.0. The third-order valence-electron chi connectivity index (χ3n) is 5.81. The molecule has 0 aliphatic carbocycles. The Bertz CT molecular complexity index is 914. The van der Waals surface area contributed by atoms with Gasteiger partial charge in [-0.1, -0.05) is 29.8 Å². The fourth-order valence-corrected chi connectivity index (χ4v) is 4.09. The number of amides is 2. The molecule has 2 aromatic rings. The number of carbonyl (C=O) groups excluding carboxylic acids is 2. The van der Waals surface area contributed by atoms with Crippen LogP contribution in [-0.2, 0) is 9.59 Å². The van der Waals surface area contributed by atoms with Crippen molar-refractivity contribution in [2.45, 2.75) is 26.8 Å². The van der Waals surface area contributed by atoms with Gasteiger partial charge in [0.2, 0.25) is 0 Å². The second-order valence-corrected chi connectivity index (χ2v) is 8.34. The van der Waals surface area contributed by atoms with E-state index >= 15 is 0 Å². The molecule has 1 aliphatic rings. The van der Waals surface area contributed by atoms with Crippen molar-refractivity contribution in [3.8, 4) is 0 Å². The van der Waals surface area contributed by atoms with Gasteiger partial charge in [-0.25, -0.2) is 4.39 Å². The van der Waals surface area contributed by atoms with Crippen LogP contribution in [-0.4, -0.2) is 61.4 Å². The van der Waals surface area contributed by atoms with Crippen LogP contribution in [0.1, 0.15) is 28.3 Å². The Morgan fingerprint density at radius 2 is 1.55 bits per heavy atom. The molecule has 0 aromatic heterocycles. The predicted octanol–water partition coefficient (Wildman–Crippen LogP) is 2.79. The van der Waals surface area contributed by atoms with E-state index in [4.69, 9.17) is 0 Å². The van der Waals surface area contributed by atoms with E-state index in [2.05, 4.69) is 27.5 Å². The highest BCUT2D eigenvalue weighted by atomic mass is 19.1. The smallest absolute Gasteiger partial charge is 0.313 e. The number of rotatable bonds is 5. The molecule has 2 amide bonds. The molecule has 2 N–H and O–H groups in total. The summed E-state index contributed by atoms with van der Waals surface area (Å²) in [6.45, 7) is 9.58. The van der Waals surface area contributed by atoms with Crippen molar-refractivity contribution >= 4 is 17.5 Å². The number of nitrogens with one attached hydrogen (secondary N) is 2. The number of benzene rings is 2. The minimum atomic E-state index is -0.689. The average Bonchev–Trinajstić information content (AvgIpc) is 2.72. The van der Waals surface area contributed by atoms with Gasteiger partial charge < -0.3 is 15.5 Å². The van der Waals surface area contributed by atoms with Crippen molar-refractivity contribution in [1.82, 2.24) is 15.1 Å². The summed E-state index contributed by atoms with van der Waals surface area (Å²) in [6, 6.07) is 10.1. The molecule has 3 rings (SSSR count). The van der Waals surface area contributed by atoms with E-state index < -0.39 is 11.8 Å². The fraction of sp³-hybridized carbons (Fsp3) is 0.417. The quantitative estimate of drug-likeness (QED) is 0.722. The number of carbonyl (C=O) groups is 2. The zero-order chi connectivity index (χ0) is 22.5. The molecule has 1 atom stereocenters. The maximum absolute atomic E-state index is 13.4. The van der Waals surface area contributed by atoms with Gasteiger partial charge in [0.15, 0.2) is 0 Å². The van der Waals surface area contributed by atoms with Gasteiger partial charge in [-0.2, -0.15) is 0 Å². The maximum atomic E-state index is 13.4. The summed E-state index contributed by atoms with van der Waals surface area (Å²) >= 11 is 0. The summed E-state index contributed by atoms with van der Waals surface area (Å²) in [5, 5.41) is 5.52. The third-order valence-corrected chi connectivity index (χ3v) is 5.81. The molecule has 1 unspecified atom stereocenters. The molecule has 0 saturated carbocycles. The van der Waals surface area contributed by atoms with Crippen molar-refractivity contribution in [3.05, 3.63) is 64.5 Å². The zero-order valence-corrected chi connectivity index (χ0v) is 18.7. The lowest BCUT2D eigenvalue weighted by atomic mass is 10.0. The third kappa shape index (κ3) is 5.89. The molecular weight excluding hydrogens is 395 g/mol. The van der Waals surface area contributed by atoms with Crippen LogP contribution in [0.25, 0.3) is 0 Å². The highest BCUT2D eigenvalue weighted by molar-refractivity contribution is 6.39.